The van der Waals surface area contributed by atoms with Crippen molar-refractivity contribution in [2.24, 2.45) is 11.1 Å². The molecule has 1 aliphatic heterocycles. The minimum atomic E-state index is -4.41. The summed E-state index contributed by atoms with van der Waals surface area (Å²) in [7, 11) is 0. The fourth-order valence-electron chi connectivity index (χ4n) is 5.93. The standard InChI is InChI=1S/C29H32ClF3N2O3/c30-26-13-24-20(12-21(26)14-35-15-22(16-35)28(36)37)7-4-8-27(24)34-38-17-18-9-10-23(19-5-2-1-3-6-19)25(11-18)29(31,32)33/h9-13,19,22H,1-8,14-17H2,(H,36,37)/b34-27-. The number of benzene rings is 2. The van der Waals surface area contributed by atoms with Crippen LogP contribution in [0, 0.1) is 5.92 Å². The number of rotatable bonds is 7. The zero-order valence-corrected chi connectivity index (χ0v) is 22.0. The molecular weight excluding hydrogens is 517 g/mol. The van der Waals surface area contributed by atoms with Gasteiger partial charge in [-0.3, -0.25) is 9.69 Å². The lowest BCUT2D eigenvalue weighted by Crippen LogP contribution is -2.49. The van der Waals surface area contributed by atoms with Crippen LogP contribution >= 0.6 is 11.6 Å². The number of aliphatic carboxylic acids is 1. The van der Waals surface area contributed by atoms with Gasteiger partial charge in [-0.2, -0.15) is 13.2 Å². The van der Waals surface area contributed by atoms with Gasteiger partial charge in [0.2, 0.25) is 0 Å². The Labute approximate surface area is 225 Å². The molecule has 0 atom stereocenters. The number of carboxylic acids is 1. The Hall–Kier alpha value is -2.58. The van der Waals surface area contributed by atoms with E-state index >= 15 is 0 Å². The van der Waals surface area contributed by atoms with Crippen molar-refractivity contribution in [1.29, 1.82) is 0 Å². The maximum Gasteiger partial charge on any atom is 0.416 e. The van der Waals surface area contributed by atoms with E-state index in [2.05, 4.69) is 16.1 Å². The molecule has 1 saturated heterocycles. The number of halogens is 4. The van der Waals surface area contributed by atoms with Gasteiger partial charge in [0.1, 0.15) is 6.61 Å². The fourth-order valence-corrected chi connectivity index (χ4v) is 6.15. The second kappa shape index (κ2) is 11.3. The summed E-state index contributed by atoms with van der Waals surface area (Å²) >= 11 is 6.57. The van der Waals surface area contributed by atoms with Crippen LogP contribution in [0.15, 0.2) is 35.5 Å². The summed E-state index contributed by atoms with van der Waals surface area (Å²) in [6, 6.07) is 8.50. The lowest BCUT2D eigenvalue weighted by atomic mass is 9.81. The maximum absolute atomic E-state index is 13.9. The van der Waals surface area contributed by atoms with Crippen molar-refractivity contribution in [3.63, 3.8) is 0 Å². The Kier molecular flexibility index (Phi) is 8.00. The Morgan fingerprint density at radius 3 is 2.55 bits per heavy atom. The number of fused-ring (bicyclic) bond motifs is 1. The predicted molar refractivity (Wildman–Crippen MR) is 139 cm³/mol. The first-order valence-corrected chi connectivity index (χ1v) is 13.7. The van der Waals surface area contributed by atoms with Gasteiger partial charge in [-0.25, -0.2) is 0 Å². The molecule has 0 spiro atoms. The average molecular weight is 549 g/mol. The van der Waals surface area contributed by atoms with Crippen LogP contribution in [0.25, 0.3) is 0 Å². The third-order valence-corrected chi connectivity index (χ3v) is 8.37. The van der Waals surface area contributed by atoms with E-state index in [1.165, 1.54) is 6.07 Å². The van der Waals surface area contributed by atoms with Crippen LogP contribution in [0.2, 0.25) is 5.02 Å². The molecule has 9 heteroatoms. The van der Waals surface area contributed by atoms with Crippen LogP contribution in [-0.4, -0.2) is 34.8 Å². The molecule has 0 aromatic heterocycles. The molecule has 1 saturated carbocycles. The van der Waals surface area contributed by atoms with Gasteiger partial charge in [0.15, 0.2) is 0 Å². The normalized spacial score (nSPS) is 20.3. The SMILES string of the molecule is O=C(O)C1CN(Cc2cc3c(cc2Cl)/C(=N\OCc2ccc(C4CCCCC4)c(C(F)(F)F)c2)CCC3)C1. The molecule has 1 N–H and O–H groups in total. The zero-order valence-electron chi connectivity index (χ0n) is 21.2. The highest BCUT2D eigenvalue weighted by Crippen LogP contribution is 2.41. The van der Waals surface area contributed by atoms with Crippen molar-refractivity contribution >= 4 is 23.3 Å². The summed E-state index contributed by atoms with van der Waals surface area (Å²) < 4.78 is 41.6. The Morgan fingerprint density at radius 2 is 1.84 bits per heavy atom. The highest BCUT2D eigenvalue weighted by atomic mass is 35.5. The highest BCUT2D eigenvalue weighted by Gasteiger charge is 2.36. The molecular formula is C29H32ClF3N2O3. The Morgan fingerprint density at radius 1 is 1.08 bits per heavy atom. The molecule has 2 aromatic rings. The molecule has 1 heterocycles. The molecule has 38 heavy (non-hydrogen) atoms. The average Bonchev–Trinajstić information content (AvgIpc) is 2.86. The molecule has 0 radical (unpaired) electrons. The monoisotopic (exact) mass is 548 g/mol. The number of carbonyl (C=O) groups is 1. The number of aryl methyl sites for hydroxylation is 1. The molecule has 0 bridgehead atoms. The third kappa shape index (κ3) is 6.01. The van der Waals surface area contributed by atoms with Gasteiger partial charge in [0.05, 0.1) is 17.2 Å². The number of likely N-dealkylation sites (tertiary alicyclic amines) is 1. The molecule has 5 nitrogen and oxygen atoms in total. The van der Waals surface area contributed by atoms with Gasteiger partial charge in [-0.1, -0.05) is 54.2 Å². The van der Waals surface area contributed by atoms with E-state index in [1.54, 1.807) is 12.1 Å². The van der Waals surface area contributed by atoms with Crippen molar-refractivity contribution in [2.45, 2.75) is 76.6 Å². The number of oxime groups is 1. The second-order valence-corrected chi connectivity index (χ2v) is 11.2. The zero-order chi connectivity index (χ0) is 26.9. The molecule has 2 aliphatic carbocycles. The minimum absolute atomic E-state index is 0.0383. The van der Waals surface area contributed by atoms with E-state index in [0.29, 0.717) is 42.2 Å². The van der Waals surface area contributed by atoms with Gasteiger partial charge < -0.3 is 9.94 Å². The first kappa shape index (κ1) is 27.0. The van der Waals surface area contributed by atoms with E-state index in [4.69, 9.17) is 21.5 Å². The van der Waals surface area contributed by atoms with Crippen molar-refractivity contribution < 1.29 is 27.9 Å². The number of hydrogen-bond acceptors (Lipinski definition) is 4. The molecule has 0 amide bonds. The van der Waals surface area contributed by atoms with Gasteiger partial charge in [0.25, 0.3) is 0 Å². The van der Waals surface area contributed by atoms with E-state index in [1.807, 2.05) is 6.07 Å². The largest absolute Gasteiger partial charge is 0.481 e. The van der Waals surface area contributed by atoms with Crippen LogP contribution < -0.4 is 0 Å². The molecule has 204 valence electrons. The lowest BCUT2D eigenvalue weighted by Gasteiger charge is -2.37. The predicted octanol–water partition coefficient (Wildman–Crippen LogP) is 7.18. The summed E-state index contributed by atoms with van der Waals surface area (Å²) in [5, 5.41) is 14.0. The van der Waals surface area contributed by atoms with Gasteiger partial charge >= 0.3 is 12.1 Å². The smallest absolute Gasteiger partial charge is 0.416 e. The molecule has 5 rings (SSSR count). The highest BCUT2D eigenvalue weighted by molar-refractivity contribution is 6.32. The van der Waals surface area contributed by atoms with Crippen LogP contribution in [0.3, 0.4) is 0 Å². The van der Waals surface area contributed by atoms with Gasteiger partial charge in [0, 0.05) is 30.2 Å². The first-order valence-electron chi connectivity index (χ1n) is 13.3. The van der Waals surface area contributed by atoms with Crippen LogP contribution in [0.5, 0.6) is 0 Å². The van der Waals surface area contributed by atoms with Crippen molar-refractivity contribution in [2.75, 3.05) is 13.1 Å². The molecule has 3 aliphatic rings. The summed E-state index contributed by atoms with van der Waals surface area (Å²) in [4.78, 5) is 18.7. The number of alkyl halides is 3. The number of nitrogens with zero attached hydrogens (tertiary/aromatic N) is 2. The molecule has 2 aromatic carbocycles. The maximum atomic E-state index is 13.9. The summed E-state index contributed by atoms with van der Waals surface area (Å²) in [6.07, 6.45) is 2.68. The minimum Gasteiger partial charge on any atom is -0.481 e. The topological polar surface area (TPSA) is 62.1 Å². The van der Waals surface area contributed by atoms with Gasteiger partial charge in [-0.15, -0.1) is 0 Å². The number of carboxylic acid groups (broad SMARTS) is 1. The Balaban J connectivity index is 1.27. The summed E-state index contributed by atoms with van der Waals surface area (Å²) in [5.74, 6) is -1.13. The fraction of sp³-hybridized carbons (Fsp3) is 0.517. The third-order valence-electron chi connectivity index (χ3n) is 8.02. The van der Waals surface area contributed by atoms with Crippen molar-refractivity contribution in [3.8, 4) is 0 Å². The summed E-state index contributed by atoms with van der Waals surface area (Å²) in [6.45, 7) is 1.58. The lowest BCUT2D eigenvalue weighted by molar-refractivity contribution is -0.147. The van der Waals surface area contributed by atoms with E-state index < -0.39 is 17.7 Å². The van der Waals surface area contributed by atoms with Crippen LogP contribution in [-0.2, 0) is 35.4 Å². The van der Waals surface area contributed by atoms with E-state index in [0.717, 1.165) is 67.3 Å². The van der Waals surface area contributed by atoms with Gasteiger partial charge in [-0.05, 0) is 72.4 Å². The second-order valence-electron chi connectivity index (χ2n) is 10.7. The quantitative estimate of drug-likeness (QED) is 0.372. The van der Waals surface area contributed by atoms with E-state index in [9.17, 15) is 18.0 Å². The van der Waals surface area contributed by atoms with Crippen LogP contribution in [0.1, 0.15) is 84.2 Å². The van der Waals surface area contributed by atoms with Crippen molar-refractivity contribution in [1.82, 2.24) is 4.90 Å². The van der Waals surface area contributed by atoms with Crippen molar-refractivity contribution in [3.05, 3.63) is 68.7 Å². The molecule has 2 fully saturated rings. The van der Waals surface area contributed by atoms with Crippen LogP contribution in [0.4, 0.5) is 13.2 Å². The number of hydrogen-bond donors (Lipinski definition) is 1. The summed E-state index contributed by atoms with van der Waals surface area (Å²) in [5.41, 5.74) is 3.98. The first-order chi connectivity index (χ1) is 18.2. The Bertz CT molecular complexity index is 1220. The van der Waals surface area contributed by atoms with E-state index in [-0.39, 0.29) is 18.4 Å². The molecule has 0 unspecified atom stereocenters.